The van der Waals surface area contributed by atoms with Crippen molar-refractivity contribution in [2.75, 3.05) is 25.6 Å². The molecule has 5 nitrogen and oxygen atoms in total. The maximum atomic E-state index is 11.7. The summed E-state index contributed by atoms with van der Waals surface area (Å²) in [5.41, 5.74) is 1.20. The molecular weight excluding hydrogens is 242 g/mol. The van der Waals surface area contributed by atoms with Crippen LogP contribution in [0, 0.1) is 11.3 Å². The van der Waals surface area contributed by atoms with E-state index in [4.69, 9.17) is 10.00 Å². The Balaban J connectivity index is 2.89. The van der Waals surface area contributed by atoms with Crippen molar-refractivity contribution in [3.63, 3.8) is 0 Å². The maximum Gasteiger partial charge on any atom is 0.239 e. The molecular formula is C14H19N3O2. The standard InChI is InChI=1S/C14H19N3O2/c1-10(2)16-14(18)9-17(3)13-7-12(19-4)6-5-11(13)8-15/h5-7,10H,9H2,1-4H3,(H,16,18). The van der Waals surface area contributed by atoms with E-state index in [2.05, 4.69) is 11.4 Å². The van der Waals surface area contributed by atoms with Crippen LogP contribution in [0.25, 0.3) is 0 Å². The average molecular weight is 261 g/mol. The van der Waals surface area contributed by atoms with Crippen molar-refractivity contribution >= 4 is 11.6 Å². The summed E-state index contributed by atoms with van der Waals surface area (Å²) >= 11 is 0. The lowest BCUT2D eigenvalue weighted by atomic mass is 10.1. The van der Waals surface area contributed by atoms with E-state index in [1.54, 1.807) is 37.3 Å². The molecule has 0 spiro atoms. The van der Waals surface area contributed by atoms with Crippen LogP contribution in [0.4, 0.5) is 5.69 Å². The molecule has 0 aliphatic carbocycles. The molecule has 5 heteroatoms. The van der Waals surface area contributed by atoms with Gasteiger partial charge in [0.05, 0.1) is 24.9 Å². The Labute approximate surface area is 113 Å². The Hall–Kier alpha value is -2.22. The molecule has 0 aliphatic rings. The number of methoxy groups -OCH3 is 1. The highest BCUT2D eigenvalue weighted by Crippen LogP contribution is 2.24. The van der Waals surface area contributed by atoms with Crippen LogP contribution >= 0.6 is 0 Å². The third kappa shape index (κ3) is 4.18. The first-order valence-corrected chi connectivity index (χ1v) is 6.06. The summed E-state index contributed by atoms with van der Waals surface area (Å²) < 4.78 is 5.14. The van der Waals surface area contributed by atoms with Gasteiger partial charge in [0, 0.05) is 19.2 Å². The summed E-state index contributed by atoms with van der Waals surface area (Å²) in [6, 6.07) is 7.37. The van der Waals surface area contributed by atoms with Crippen LogP contribution < -0.4 is 15.0 Å². The van der Waals surface area contributed by atoms with Crippen LogP contribution in [0.2, 0.25) is 0 Å². The highest BCUT2D eigenvalue weighted by molar-refractivity contribution is 5.82. The zero-order chi connectivity index (χ0) is 14.4. The number of nitrogens with one attached hydrogen (secondary N) is 1. The van der Waals surface area contributed by atoms with Crippen molar-refractivity contribution in [3.8, 4) is 11.8 Å². The lowest BCUT2D eigenvalue weighted by Crippen LogP contribution is -2.38. The van der Waals surface area contributed by atoms with Gasteiger partial charge in [-0.25, -0.2) is 0 Å². The quantitative estimate of drug-likeness (QED) is 0.873. The molecule has 1 rings (SSSR count). The third-order valence-corrected chi connectivity index (χ3v) is 2.57. The second kappa shape index (κ2) is 6.64. The number of carbonyl (C=O) groups excluding carboxylic acids is 1. The fraction of sp³-hybridized carbons (Fsp3) is 0.429. The smallest absolute Gasteiger partial charge is 0.239 e. The molecule has 0 bridgehead atoms. The predicted octanol–water partition coefficient (Wildman–Crippen LogP) is 1.53. The summed E-state index contributed by atoms with van der Waals surface area (Å²) in [7, 11) is 3.34. The molecule has 0 heterocycles. The highest BCUT2D eigenvalue weighted by Gasteiger charge is 2.13. The van der Waals surface area contributed by atoms with E-state index < -0.39 is 0 Å². The molecule has 0 fully saturated rings. The molecule has 102 valence electrons. The van der Waals surface area contributed by atoms with E-state index in [1.807, 2.05) is 13.8 Å². The van der Waals surface area contributed by atoms with Crippen molar-refractivity contribution < 1.29 is 9.53 Å². The summed E-state index contributed by atoms with van der Waals surface area (Å²) in [5.74, 6) is 0.578. The number of benzene rings is 1. The number of carbonyl (C=O) groups is 1. The molecule has 0 aromatic heterocycles. The Bertz CT molecular complexity index is 492. The fourth-order valence-corrected chi connectivity index (χ4v) is 1.72. The van der Waals surface area contributed by atoms with Crippen LogP contribution in [0.15, 0.2) is 18.2 Å². The van der Waals surface area contributed by atoms with Gasteiger partial charge in [0.1, 0.15) is 11.8 Å². The SMILES string of the molecule is COc1ccc(C#N)c(N(C)CC(=O)NC(C)C)c1. The molecule has 1 amide bonds. The molecule has 19 heavy (non-hydrogen) atoms. The Morgan fingerprint density at radius 1 is 1.53 bits per heavy atom. The molecule has 0 unspecified atom stereocenters. The molecule has 0 saturated heterocycles. The lowest BCUT2D eigenvalue weighted by molar-refractivity contribution is -0.120. The second-order valence-corrected chi connectivity index (χ2v) is 4.57. The van der Waals surface area contributed by atoms with Crippen LogP contribution in [0.1, 0.15) is 19.4 Å². The summed E-state index contributed by atoms with van der Waals surface area (Å²) in [6.07, 6.45) is 0. The number of anilines is 1. The van der Waals surface area contributed by atoms with E-state index in [0.29, 0.717) is 17.0 Å². The van der Waals surface area contributed by atoms with E-state index in [1.165, 1.54) is 0 Å². The maximum absolute atomic E-state index is 11.7. The van der Waals surface area contributed by atoms with E-state index in [-0.39, 0.29) is 18.5 Å². The number of nitriles is 1. The first-order valence-electron chi connectivity index (χ1n) is 6.06. The Morgan fingerprint density at radius 3 is 2.74 bits per heavy atom. The summed E-state index contributed by atoms with van der Waals surface area (Å²) in [5, 5.41) is 11.9. The number of hydrogen-bond acceptors (Lipinski definition) is 4. The van der Waals surface area contributed by atoms with Gasteiger partial charge >= 0.3 is 0 Å². The van der Waals surface area contributed by atoms with Crippen LogP contribution in [0.5, 0.6) is 5.75 Å². The Kier molecular flexibility index (Phi) is 5.19. The monoisotopic (exact) mass is 261 g/mol. The zero-order valence-corrected chi connectivity index (χ0v) is 11.7. The minimum absolute atomic E-state index is 0.0794. The van der Waals surface area contributed by atoms with Gasteiger partial charge in [0.25, 0.3) is 0 Å². The van der Waals surface area contributed by atoms with Crippen molar-refractivity contribution in [1.29, 1.82) is 5.26 Å². The number of hydrogen-bond donors (Lipinski definition) is 1. The van der Waals surface area contributed by atoms with E-state index >= 15 is 0 Å². The average Bonchev–Trinajstić information content (AvgIpc) is 2.36. The van der Waals surface area contributed by atoms with Gasteiger partial charge in [-0.1, -0.05) is 0 Å². The highest BCUT2D eigenvalue weighted by atomic mass is 16.5. The molecule has 1 aromatic carbocycles. The summed E-state index contributed by atoms with van der Waals surface area (Å²) in [4.78, 5) is 13.5. The van der Waals surface area contributed by atoms with Gasteiger partial charge in [-0.15, -0.1) is 0 Å². The van der Waals surface area contributed by atoms with E-state index in [0.717, 1.165) is 0 Å². The largest absolute Gasteiger partial charge is 0.497 e. The summed E-state index contributed by atoms with van der Waals surface area (Å²) in [6.45, 7) is 4.01. The van der Waals surface area contributed by atoms with Crippen LogP contribution in [-0.2, 0) is 4.79 Å². The molecule has 1 aromatic rings. The lowest BCUT2D eigenvalue weighted by Gasteiger charge is -2.21. The van der Waals surface area contributed by atoms with Crippen molar-refractivity contribution in [2.24, 2.45) is 0 Å². The number of amides is 1. The van der Waals surface area contributed by atoms with Crippen LogP contribution in [-0.4, -0.2) is 32.7 Å². The van der Waals surface area contributed by atoms with Gasteiger partial charge in [-0.3, -0.25) is 4.79 Å². The molecule has 1 N–H and O–H groups in total. The minimum atomic E-state index is -0.0794. The van der Waals surface area contributed by atoms with E-state index in [9.17, 15) is 4.79 Å². The molecule has 0 atom stereocenters. The molecule has 0 aliphatic heterocycles. The van der Waals surface area contributed by atoms with Crippen molar-refractivity contribution in [2.45, 2.75) is 19.9 Å². The molecule has 0 saturated carbocycles. The van der Waals surface area contributed by atoms with Gasteiger partial charge in [0.2, 0.25) is 5.91 Å². The second-order valence-electron chi connectivity index (χ2n) is 4.57. The van der Waals surface area contributed by atoms with Crippen molar-refractivity contribution in [1.82, 2.24) is 5.32 Å². The van der Waals surface area contributed by atoms with Crippen LogP contribution in [0.3, 0.4) is 0 Å². The topological polar surface area (TPSA) is 65.4 Å². The number of rotatable bonds is 5. The minimum Gasteiger partial charge on any atom is -0.497 e. The fourth-order valence-electron chi connectivity index (χ4n) is 1.72. The van der Waals surface area contributed by atoms with Gasteiger partial charge in [-0.05, 0) is 26.0 Å². The first kappa shape index (κ1) is 14.8. The third-order valence-electron chi connectivity index (χ3n) is 2.57. The van der Waals surface area contributed by atoms with Gasteiger partial charge in [0.15, 0.2) is 0 Å². The number of ether oxygens (including phenoxy) is 1. The Morgan fingerprint density at radius 2 is 2.21 bits per heavy atom. The first-order chi connectivity index (χ1) is 8.97. The predicted molar refractivity (Wildman–Crippen MR) is 74.3 cm³/mol. The van der Waals surface area contributed by atoms with Gasteiger partial charge < -0.3 is 15.0 Å². The van der Waals surface area contributed by atoms with Crippen molar-refractivity contribution in [3.05, 3.63) is 23.8 Å². The van der Waals surface area contributed by atoms with Gasteiger partial charge in [-0.2, -0.15) is 5.26 Å². The zero-order valence-electron chi connectivity index (χ0n) is 11.7. The number of nitrogens with zero attached hydrogens (tertiary/aromatic N) is 2. The molecule has 0 radical (unpaired) electrons. The normalized spacial score (nSPS) is 9.89. The number of likely N-dealkylation sites (N-methyl/N-ethyl adjacent to an activating group) is 1.